The third kappa shape index (κ3) is 4.26. The van der Waals surface area contributed by atoms with Crippen LogP contribution in [0.25, 0.3) is 6.08 Å². The quantitative estimate of drug-likeness (QED) is 0.365. The maximum atomic E-state index is 14.5. The van der Waals surface area contributed by atoms with E-state index in [0.717, 1.165) is 25.8 Å². The van der Waals surface area contributed by atoms with Gasteiger partial charge in [-0.3, -0.25) is 5.01 Å². The Morgan fingerprint density at radius 2 is 1.50 bits per heavy atom. The molecule has 28 heavy (non-hydrogen) atoms. The van der Waals surface area contributed by atoms with Crippen LogP contribution in [-0.4, -0.2) is 5.71 Å². The Labute approximate surface area is 180 Å². The van der Waals surface area contributed by atoms with Gasteiger partial charge in [0.2, 0.25) is 0 Å². The second-order valence-electron chi connectivity index (χ2n) is 6.54. The Morgan fingerprint density at radius 3 is 2.18 bits per heavy atom. The number of rotatable bonds is 4. The molecule has 0 aliphatic carbocycles. The Bertz CT molecular complexity index is 1030. The second kappa shape index (κ2) is 8.41. The summed E-state index contributed by atoms with van der Waals surface area (Å²) >= 11 is 6.93. The molecular weight excluding hydrogens is 483 g/mol. The number of hydrogen-bond acceptors (Lipinski definition) is 2. The SMILES string of the molecule is Fc1ccccc1N1N=C(/C=C/c2ccc(Br)cc2)C[C@H]1c1ccc(Br)cc1. The molecule has 5 heteroatoms. The fourth-order valence-corrected chi connectivity index (χ4v) is 3.73. The van der Waals surface area contributed by atoms with Crippen LogP contribution in [0.2, 0.25) is 0 Å². The van der Waals surface area contributed by atoms with Gasteiger partial charge in [0.05, 0.1) is 17.4 Å². The van der Waals surface area contributed by atoms with E-state index in [1.54, 1.807) is 17.1 Å². The Hall–Kier alpha value is -2.24. The minimum Gasteiger partial charge on any atom is -0.254 e. The van der Waals surface area contributed by atoms with Crippen molar-refractivity contribution in [1.29, 1.82) is 0 Å². The van der Waals surface area contributed by atoms with Crippen molar-refractivity contribution in [2.45, 2.75) is 12.5 Å². The molecule has 2 nitrogen and oxygen atoms in total. The zero-order chi connectivity index (χ0) is 19.5. The van der Waals surface area contributed by atoms with Crippen LogP contribution in [0.15, 0.2) is 92.9 Å². The second-order valence-corrected chi connectivity index (χ2v) is 8.38. The molecule has 0 saturated heterocycles. The third-order valence-electron chi connectivity index (χ3n) is 4.63. The lowest BCUT2D eigenvalue weighted by atomic mass is 10.0. The average Bonchev–Trinajstić information content (AvgIpc) is 3.12. The molecule has 0 saturated carbocycles. The van der Waals surface area contributed by atoms with Gasteiger partial charge >= 0.3 is 0 Å². The van der Waals surface area contributed by atoms with Crippen LogP contribution in [0.5, 0.6) is 0 Å². The number of halogens is 3. The largest absolute Gasteiger partial charge is 0.254 e. The molecule has 0 spiro atoms. The Balaban J connectivity index is 1.66. The first-order valence-electron chi connectivity index (χ1n) is 8.90. The van der Waals surface area contributed by atoms with Crippen LogP contribution >= 0.6 is 31.9 Å². The Kier molecular flexibility index (Phi) is 5.74. The number of allylic oxidation sites excluding steroid dienone is 1. The van der Waals surface area contributed by atoms with Crippen LogP contribution < -0.4 is 5.01 Å². The highest BCUT2D eigenvalue weighted by atomic mass is 79.9. The molecule has 4 rings (SSSR count). The van der Waals surface area contributed by atoms with Gasteiger partial charge < -0.3 is 0 Å². The topological polar surface area (TPSA) is 15.6 Å². The van der Waals surface area contributed by atoms with Crippen LogP contribution in [0.1, 0.15) is 23.6 Å². The summed E-state index contributed by atoms with van der Waals surface area (Å²) in [7, 11) is 0. The first-order chi connectivity index (χ1) is 13.6. The lowest BCUT2D eigenvalue weighted by molar-refractivity contribution is 0.606. The summed E-state index contributed by atoms with van der Waals surface area (Å²) in [5.74, 6) is -0.272. The van der Waals surface area contributed by atoms with E-state index in [0.29, 0.717) is 12.1 Å². The fraction of sp³-hybridized carbons (Fsp3) is 0.0870. The maximum absolute atomic E-state index is 14.5. The van der Waals surface area contributed by atoms with Crippen molar-refractivity contribution in [3.05, 3.63) is 105 Å². The molecule has 0 radical (unpaired) electrons. The van der Waals surface area contributed by atoms with E-state index < -0.39 is 0 Å². The van der Waals surface area contributed by atoms with Crippen molar-refractivity contribution in [3.8, 4) is 0 Å². The zero-order valence-corrected chi connectivity index (χ0v) is 18.1. The highest BCUT2D eigenvalue weighted by Gasteiger charge is 2.29. The van der Waals surface area contributed by atoms with E-state index in [4.69, 9.17) is 5.10 Å². The number of para-hydroxylation sites is 1. The van der Waals surface area contributed by atoms with E-state index in [2.05, 4.69) is 44.0 Å². The molecule has 1 aliphatic rings. The predicted octanol–water partition coefficient (Wildman–Crippen LogP) is 7.37. The molecule has 3 aromatic carbocycles. The monoisotopic (exact) mass is 498 g/mol. The highest BCUT2D eigenvalue weighted by Crippen LogP contribution is 2.37. The summed E-state index contributed by atoms with van der Waals surface area (Å²) in [6, 6.07) is 22.9. The standard InChI is InChI=1S/C23H17Br2FN2/c24-18-10-5-16(6-11-18)7-14-20-15-23(17-8-12-19(25)13-9-17)28(27-20)22-4-2-1-3-21(22)26/h1-14,23H,15H2/b14-7+/t23-/m0/s1. The minimum absolute atomic E-state index is 0.0467. The van der Waals surface area contributed by atoms with E-state index in [1.165, 1.54) is 6.07 Å². The zero-order valence-electron chi connectivity index (χ0n) is 14.9. The molecule has 1 atom stereocenters. The number of hydrazone groups is 1. The van der Waals surface area contributed by atoms with Gasteiger partial charge in [0, 0.05) is 15.4 Å². The van der Waals surface area contributed by atoms with Crippen molar-refractivity contribution >= 4 is 49.3 Å². The van der Waals surface area contributed by atoms with Crippen LogP contribution in [0.3, 0.4) is 0 Å². The molecule has 1 aliphatic heterocycles. The van der Waals surface area contributed by atoms with Gasteiger partial charge in [-0.05, 0) is 53.6 Å². The van der Waals surface area contributed by atoms with Crippen molar-refractivity contribution in [2.75, 3.05) is 5.01 Å². The van der Waals surface area contributed by atoms with Crippen LogP contribution in [0.4, 0.5) is 10.1 Å². The van der Waals surface area contributed by atoms with Gasteiger partial charge in [-0.1, -0.05) is 74.3 Å². The van der Waals surface area contributed by atoms with Gasteiger partial charge in [-0.2, -0.15) is 5.10 Å². The molecular formula is C23H17Br2FN2. The summed E-state index contributed by atoms with van der Waals surface area (Å²) in [5.41, 5.74) is 3.60. The van der Waals surface area contributed by atoms with Gasteiger partial charge in [0.1, 0.15) is 5.82 Å². The molecule has 0 bridgehead atoms. The van der Waals surface area contributed by atoms with E-state index >= 15 is 0 Å². The molecule has 0 aromatic heterocycles. The van der Waals surface area contributed by atoms with E-state index in [1.807, 2.05) is 54.6 Å². The first-order valence-corrected chi connectivity index (χ1v) is 10.5. The van der Waals surface area contributed by atoms with E-state index in [9.17, 15) is 4.39 Å². The number of benzene rings is 3. The smallest absolute Gasteiger partial charge is 0.148 e. The number of anilines is 1. The first kappa shape index (κ1) is 19.1. The maximum Gasteiger partial charge on any atom is 0.148 e. The van der Waals surface area contributed by atoms with Crippen molar-refractivity contribution < 1.29 is 4.39 Å². The Morgan fingerprint density at radius 1 is 0.857 bits per heavy atom. The van der Waals surface area contributed by atoms with Crippen molar-refractivity contribution in [1.82, 2.24) is 0 Å². The van der Waals surface area contributed by atoms with Crippen LogP contribution in [0, 0.1) is 5.82 Å². The minimum atomic E-state index is -0.272. The third-order valence-corrected chi connectivity index (χ3v) is 5.68. The van der Waals surface area contributed by atoms with Gasteiger partial charge in [-0.15, -0.1) is 0 Å². The number of nitrogens with zero attached hydrogens (tertiary/aromatic N) is 2. The van der Waals surface area contributed by atoms with Gasteiger partial charge in [0.15, 0.2) is 0 Å². The molecule has 3 aromatic rings. The lowest BCUT2D eigenvalue weighted by Crippen LogP contribution is -2.19. The summed E-state index contributed by atoms with van der Waals surface area (Å²) in [6.07, 6.45) is 4.76. The molecule has 0 unspecified atom stereocenters. The van der Waals surface area contributed by atoms with Crippen molar-refractivity contribution in [2.24, 2.45) is 5.10 Å². The van der Waals surface area contributed by atoms with Gasteiger partial charge in [-0.25, -0.2) is 4.39 Å². The molecule has 0 fully saturated rings. The predicted molar refractivity (Wildman–Crippen MR) is 121 cm³/mol. The average molecular weight is 500 g/mol. The highest BCUT2D eigenvalue weighted by molar-refractivity contribution is 9.10. The normalized spacial score (nSPS) is 16.6. The van der Waals surface area contributed by atoms with Gasteiger partial charge in [0.25, 0.3) is 0 Å². The summed E-state index contributed by atoms with van der Waals surface area (Å²) in [5, 5.41) is 6.53. The van der Waals surface area contributed by atoms with Crippen molar-refractivity contribution in [3.63, 3.8) is 0 Å². The van der Waals surface area contributed by atoms with Crippen LogP contribution in [-0.2, 0) is 0 Å². The number of hydrogen-bond donors (Lipinski definition) is 0. The molecule has 0 N–H and O–H groups in total. The lowest BCUT2D eigenvalue weighted by Gasteiger charge is -2.24. The fourth-order valence-electron chi connectivity index (χ4n) is 3.20. The molecule has 1 heterocycles. The summed E-state index contributed by atoms with van der Waals surface area (Å²) in [4.78, 5) is 0. The summed E-state index contributed by atoms with van der Waals surface area (Å²) < 4.78 is 16.5. The molecule has 140 valence electrons. The summed E-state index contributed by atoms with van der Waals surface area (Å²) in [6.45, 7) is 0. The van der Waals surface area contributed by atoms with E-state index in [-0.39, 0.29) is 11.9 Å². The molecule has 0 amide bonds.